The van der Waals surface area contributed by atoms with Gasteiger partial charge in [-0.15, -0.1) is 15.3 Å². The number of primary amides is 1. The predicted molar refractivity (Wildman–Crippen MR) is 157 cm³/mol. The molecular formula is C27H32N6O10S. The van der Waals surface area contributed by atoms with Crippen LogP contribution in [-0.2, 0) is 23.1 Å². The van der Waals surface area contributed by atoms with Gasteiger partial charge >= 0.3 is 0 Å². The van der Waals surface area contributed by atoms with Crippen LogP contribution in [0.5, 0.6) is 17.4 Å². The van der Waals surface area contributed by atoms with Crippen LogP contribution in [0.15, 0.2) is 60.5 Å². The minimum atomic E-state index is -4.88. The number of benzene rings is 2. The second-order valence-electron chi connectivity index (χ2n) is 9.04. The van der Waals surface area contributed by atoms with E-state index in [2.05, 4.69) is 20.5 Å². The summed E-state index contributed by atoms with van der Waals surface area (Å²) in [6, 6.07) is 6.50. The second kappa shape index (κ2) is 14.6. The molecule has 0 atom stereocenters. The number of aromatic hydroxyl groups is 1. The van der Waals surface area contributed by atoms with E-state index in [4.69, 9.17) is 20.3 Å². The lowest BCUT2D eigenvalue weighted by atomic mass is 10.1. The van der Waals surface area contributed by atoms with Crippen molar-refractivity contribution in [2.24, 2.45) is 26.2 Å². The summed E-state index contributed by atoms with van der Waals surface area (Å²) in [5.74, 6) is -1.02. The minimum absolute atomic E-state index is 0.00311. The van der Waals surface area contributed by atoms with E-state index in [1.807, 2.05) is 6.92 Å². The number of aromatic nitrogens is 1. The summed E-state index contributed by atoms with van der Waals surface area (Å²) in [5.41, 5.74) is 4.32. The number of aryl methyl sites for hydroxylation is 1. The monoisotopic (exact) mass is 632 g/mol. The highest BCUT2D eigenvalue weighted by atomic mass is 32.2. The van der Waals surface area contributed by atoms with Gasteiger partial charge < -0.3 is 30.5 Å². The van der Waals surface area contributed by atoms with Crippen LogP contribution in [0.4, 0.5) is 22.7 Å². The molecular weight excluding hydrogens is 600 g/mol. The Kier molecular flexibility index (Phi) is 11.2. The second-order valence-corrected chi connectivity index (χ2v) is 10.4. The normalized spacial score (nSPS) is 11.9. The lowest BCUT2D eigenvalue weighted by Crippen LogP contribution is -2.25. The molecule has 3 aromatic rings. The van der Waals surface area contributed by atoms with Crippen molar-refractivity contribution in [2.75, 3.05) is 26.4 Å². The number of nitrogens with zero attached hydrogens (tertiary/aromatic N) is 5. The molecule has 2 aromatic carbocycles. The summed E-state index contributed by atoms with van der Waals surface area (Å²) in [6.07, 6.45) is 0.538. The number of carbonyl (C=O) groups excluding carboxylic acids is 1. The molecule has 1 heterocycles. The van der Waals surface area contributed by atoms with Gasteiger partial charge in [0.05, 0.1) is 18.9 Å². The molecule has 0 spiro atoms. The molecule has 44 heavy (non-hydrogen) atoms. The molecule has 0 bridgehead atoms. The molecule has 0 saturated carbocycles. The summed E-state index contributed by atoms with van der Waals surface area (Å²) in [7, 11) is -4.88. The van der Waals surface area contributed by atoms with E-state index in [0.717, 1.165) is 16.2 Å². The number of amides is 1. The largest absolute Gasteiger partial charge is 0.494 e. The highest BCUT2D eigenvalue weighted by molar-refractivity contribution is 7.86. The average molecular weight is 633 g/mol. The molecule has 0 aliphatic heterocycles. The van der Waals surface area contributed by atoms with Gasteiger partial charge in [-0.05, 0) is 50.1 Å². The number of aliphatic hydroxyl groups excluding tert-OH is 2. The van der Waals surface area contributed by atoms with Crippen LogP contribution in [0.1, 0.15) is 35.3 Å². The van der Waals surface area contributed by atoms with Crippen LogP contribution < -0.4 is 20.8 Å². The Labute approximate surface area is 251 Å². The lowest BCUT2D eigenvalue weighted by molar-refractivity contribution is 0.0995. The average Bonchev–Trinajstić information content (AvgIpc) is 2.97. The van der Waals surface area contributed by atoms with Gasteiger partial charge in [-0.3, -0.25) is 18.7 Å². The van der Waals surface area contributed by atoms with Crippen LogP contribution >= 0.6 is 0 Å². The maximum atomic E-state index is 12.8. The van der Waals surface area contributed by atoms with Crippen molar-refractivity contribution >= 4 is 38.8 Å². The molecule has 236 valence electrons. The Bertz CT molecular complexity index is 1770. The molecule has 0 saturated heterocycles. The smallest absolute Gasteiger partial charge is 0.296 e. The summed E-state index contributed by atoms with van der Waals surface area (Å²) in [6.45, 7) is 4.16. The van der Waals surface area contributed by atoms with Gasteiger partial charge in [-0.2, -0.15) is 13.5 Å². The number of azo groups is 2. The Hall–Kier alpha value is -4.71. The molecule has 16 nitrogen and oxygen atoms in total. The van der Waals surface area contributed by atoms with E-state index in [0.29, 0.717) is 12.2 Å². The van der Waals surface area contributed by atoms with E-state index in [9.17, 15) is 32.8 Å². The van der Waals surface area contributed by atoms with Crippen LogP contribution in [0.25, 0.3) is 0 Å². The quantitative estimate of drug-likeness (QED) is 0.128. The van der Waals surface area contributed by atoms with Crippen molar-refractivity contribution in [1.29, 1.82) is 0 Å². The number of pyridine rings is 1. The van der Waals surface area contributed by atoms with E-state index in [1.165, 1.54) is 25.1 Å². The third-order valence-electron chi connectivity index (χ3n) is 6.19. The molecule has 3 rings (SSSR count). The summed E-state index contributed by atoms with van der Waals surface area (Å²) in [5, 5.41) is 44.5. The topological polar surface area (TPSA) is 248 Å². The maximum absolute atomic E-state index is 12.8. The van der Waals surface area contributed by atoms with Gasteiger partial charge in [-0.1, -0.05) is 6.92 Å². The predicted octanol–water partition coefficient (Wildman–Crippen LogP) is 3.36. The van der Waals surface area contributed by atoms with Gasteiger partial charge in [0.1, 0.15) is 46.5 Å². The van der Waals surface area contributed by atoms with Crippen molar-refractivity contribution in [3.63, 3.8) is 0 Å². The Morgan fingerprint density at radius 2 is 1.59 bits per heavy atom. The number of rotatable bonds is 14. The molecule has 0 radical (unpaired) electrons. The van der Waals surface area contributed by atoms with E-state index < -0.39 is 32.4 Å². The summed E-state index contributed by atoms with van der Waals surface area (Å²) >= 11 is 0. The van der Waals surface area contributed by atoms with Crippen LogP contribution in [0.3, 0.4) is 0 Å². The fourth-order valence-corrected chi connectivity index (χ4v) is 4.73. The number of aliphatic hydroxyl groups is 2. The molecule has 0 aliphatic carbocycles. The first-order chi connectivity index (χ1) is 20.9. The van der Waals surface area contributed by atoms with E-state index in [1.54, 1.807) is 13.0 Å². The van der Waals surface area contributed by atoms with Crippen molar-refractivity contribution in [3.8, 4) is 17.4 Å². The van der Waals surface area contributed by atoms with Crippen molar-refractivity contribution < 1.29 is 42.6 Å². The van der Waals surface area contributed by atoms with E-state index >= 15 is 0 Å². The zero-order chi connectivity index (χ0) is 32.6. The lowest BCUT2D eigenvalue weighted by Gasteiger charge is -2.14. The van der Waals surface area contributed by atoms with Crippen molar-refractivity contribution in [2.45, 2.75) is 38.6 Å². The Balaban J connectivity index is 2.10. The van der Waals surface area contributed by atoms with Gasteiger partial charge in [0.2, 0.25) is 5.88 Å². The van der Waals surface area contributed by atoms with Crippen molar-refractivity contribution in [1.82, 2.24) is 4.57 Å². The highest BCUT2D eigenvalue weighted by Crippen LogP contribution is 2.38. The van der Waals surface area contributed by atoms with Gasteiger partial charge in [-0.25, -0.2) is 0 Å². The molecule has 1 amide bonds. The van der Waals surface area contributed by atoms with E-state index in [-0.39, 0.29) is 72.6 Å². The standard InChI is InChI=1S/C27H32N6O10S/c1-4-16-12-21(43-11-9-35)19(14-20(16)42-10-8-34)31-30-18-7-6-17(13-22(18)44(39,40)41)29-32-24-15(3)23(25(28)36)26(37)33(5-2)27(24)38/h6-7,12-14,34-35,37H,4-5,8-11H2,1-3H3,(H2,28,36)(H,39,40,41). The fourth-order valence-electron chi connectivity index (χ4n) is 4.09. The number of ether oxygens (including phenoxy) is 2. The van der Waals surface area contributed by atoms with Gasteiger partial charge in [0, 0.05) is 18.2 Å². The first kappa shape index (κ1) is 33.8. The number of nitrogens with two attached hydrogens (primary N) is 1. The first-order valence-corrected chi connectivity index (χ1v) is 14.7. The molecule has 0 unspecified atom stereocenters. The minimum Gasteiger partial charge on any atom is -0.494 e. The summed E-state index contributed by atoms with van der Waals surface area (Å²) in [4.78, 5) is 24.1. The van der Waals surface area contributed by atoms with Crippen molar-refractivity contribution in [3.05, 3.63) is 57.4 Å². The fraction of sp³-hybridized carbons (Fsp3) is 0.333. The zero-order valence-corrected chi connectivity index (χ0v) is 24.9. The molecule has 17 heteroatoms. The SMILES string of the molecule is CCc1cc(OCCO)c(N=Nc2ccc(N=Nc3c(C)c(C(N)=O)c(O)n(CC)c3=O)cc2S(=O)(=O)O)cc1OCCO. The highest BCUT2D eigenvalue weighted by Gasteiger charge is 2.22. The molecule has 0 aliphatic rings. The van der Waals surface area contributed by atoms with Crippen LogP contribution in [-0.4, -0.2) is 65.2 Å². The Morgan fingerprint density at radius 1 is 0.955 bits per heavy atom. The molecule has 0 fully saturated rings. The number of hydrogen-bond donors (Lipinski definition) is 5. The molecule has 6 N–H and O–H groups in total. The third-order valence-corrected chi connectivity index (χ3v) is 7.08. The van der Waals surface area contributed by atoms with Gasteiger partial charge in [0.15, 0.2) is 5.69 Å². The Morgan fingerprint density at radius 3 is 2.16 bits per heavy atom. The third kappa shape index (κ3) is 7.62. The molecule has 1 aromatic heterocycles. The number of hydrogen-bond acceptors (Lipinski definition) is 13. The van der Waals surface area contributed by atoms with Gasteiger partial charge in [0.25, 0.3) is 21.6 Å². The summed E-state index contributed by atoms with van der Waals surface area (Å²) < 4.78 is 46.4. The van der Waals surface area contributed by atoms with Crippen LogP contribution in [0.2, 0.25) is 0 Å². The zero-order valence-electron chi connectivity index (χ0n) is 24.1. The number of carbonyl (C=O) groups is 1. The maximum Gasteiger partial charge on any atom is 0.296 e. The van der Waals surface area contributed by atoms with Crippen LogP contribution in [0, 0.1) is 6.92 Å². The first-order valence-electron chi connectivity index (χ1n) is 13.2.